The van der Waals surface area contributed by atoms with Crippen molar-refractivity contribution in [3.8, 4) is 11.8 Å². The van der Waals surface area contributed by atoms with E-state index in [2.05, 4.69) is 11.4 Å². The molecule has 0 unspecified atom stereocenters. The number of carbonyl (C=O) groups excluding carboxylic acids is 1. The Labute approximate surface area is 159 Å². The van der Waals surface area contributed by atoms with Crippen LogP contribution in [0.5, 0.6) is 5.75 Å². The lowest BCUT2D eigenvalue weighted by atomic mass is 9.73. The molecular formula is C22H24N2O3. The molecule has 1 aliphatic rings. The zero-order valence-corrected chi connectivity index (χ0v) is 15.5. The van der Waals surface area contributed by atoms with Crippen LogP contribution in [-0.4, -0.2) is 25.7 Å². The highest BCUT2D eigenvalue weighted by Crippen LogP contribution is 2.36. The molecule has 0 radical (unpaired) electrons. The number of nitriles is 1. The number of benzene rings is 2. The summed E-state index contributed by atoms with van der Waals surface area (Å²) < 4.78 is 11.1. The maximum Gasteiger partial charge on any atom is 0.235 e. The number of rotatable bonds is 6. The van der Waals surface area contributed by atoms with Crippen LogP contribution < -0.4 is 10.1 Å². The fourth-order valence-corrected chi connectivity index (χ4v) is 3.41. The Morgan fingerprint density at radius 2 is 1.96 bits per heavy atom. The molecule has 5 nitrogen and oxygen atoms in total. The Balaban J connectivity index is 1.85. The van der Waals surface area contributed by atoms with Gasteiger partial charge in [0.05, 0.1) is 17.6 Å². The van der Waals surface area contributed by atoms with Crippen LogP contribution in [0.2, 0.25) is 0 Å². The molecule has 0 bridgehead atoms. The molecule has 1 amide bonds. The number of anilines is 1. The van der Waals surface area contributed by atoms with Gasteiger partial charge in [0.25, 0.3) is 0 Å². The van der Waals surface area contributed by atoms with Gasteiger partial charge in [-0.05, 0) is 43.0 Å². The van der Waals surface area contributed by atoms with Crippen molar-refractivity contribution in [2.75, 3.05) is 25.1 Å². The normalized spacial score (nSPS) is 15.6. The van der Waals surface area contributed by atoms with Gasteiger partial charge in [-0.1, -0.05) is 37.3 Å². The van der Waals surface area contributed by atoms with Crippen molar-refractivity contribution in [3.63, 3.8) is 0 Å². The maximum atomic E-state index is 13.3. The smallest absolute Gasteiger partial charge is 0.235 e. The van der Waals surface area contributed by atoms with Gasteiger partial charge in [-0.25, -0.2) is 0 Å². The molecule has 0 atom stereocenters. The molecule has 3 rings (SSSR count). The van der Waals surface area contributed by atoms with Crippen LogP contribution in [0, 0.1) is 11.3 Å². The molecule has 1 aliphatic heterocycles. The molecule has 1 N–H and O–H groups in total. The van der Waals surface area contributed by atoms with Crippen LogP contribution in [-0.2, 0) is 14.9 Å². The molecule has 140 valence electrons. The maximum absolute atomic E-state index is 13.3. The molecule has 0 aliphatic carbocycles. The van der Waals surface area contributed by atoms with Gasteiger partial charge in [0.2, 0.25) is 5.91 Å². The second kappa shape index (κ2) is 8.70. The van der Waals surface area contributed by atoms with Crippen molar-refractivity contribution in [1.29, 1.82) is 5.26 Å². The van der Waals surface area contributed by atoms with Gasteiger partial charge in [0.15, 0.2) is 0 Å². The zero-order valence-electron chi connectivity index (χ0n) is 15.5. The third-order valence-electron chi connectivity index (χ3n) is 4.93. The number of hydrogen-bond acceptors (Lipinski definition) is 4. The van der Waals surface area contributed by atoms with Crippen molar-refractivity contribution in [1.82, 2.24) is 0 Å². The minimum absolute atomic E-state index is 0.0666. The Morgan fingerprint density at radius 3 is 2.63 bits per heavy atom. The molecule has 1 saturated heterocycles. The highest BCUT2D eigenvalue weighted by molar-refractivity contribution is 5.99. The molecular weight excluding hydrogens is 340 g/mol. The fraction of sp³-hybridized carbons (Fsp3) is 0.364. The lowest BCUT2D eigenvalue weighted by Crippen LogP contribution is -2.44. The topological polar surface area (TPSA) is 71.3 Å². The first-order valence-corrected chi connectivity index (χ1v) is 9.31. The van der Waals surface area contributed by atoms with Gasteiger partial charge in [0.1, 0.15) is 11.8 Å². The standard InChI is InChI=1S/C22H24N2O3/c1-2-12-27-20-9-8-19(15-17(20)16-23)24-21(25)22(10-13-26-14-11-22)18-6-4-3-5-7-18/h3-9,15H,2,10-14H2,1H3,(H,24,25). The van der Waals surface area contributed by atoms with Gasteiger partial charge in [-0.2, -0.15) is 5.26 Å². The summed E-state index contributed by atoms with van der Waals surface area (Å²) in [7, 11) is 0. The van der Waals surface area contributed by atoms with Crippen LogP contribution in [0.4, 0.5) is 5.69 Å². The lowest BCUT2D eigenvalue weighted by Gasteiger charge is -2.36. The van der Waals surface area contributed by atoms with Gasteiger partial charge in [-0.3, -0.25) is 4.79 Å². The van der Waals surface area contributed by atoms with E-state index < -0.39 is 5.41 Å². The molecule has 5 heteroatoms. The van der Waals surface area contributed by atoms with E-state index in [1.807, 2.05) is 37.3 Å². The van der Waals surface area contributed by atoms with Crippen molar-refractivity contribution >= 4 is 11.6 Å². The average Bonchev–Trinajstić information content (AvgIpc) is 2.73. The number of amides is 1. The van der Waals surface area contributed by atoms with E-state index in [0.717, 1.165) is 12.0 Å². The van der Waals surface area contributed by atoms with E-state index >= 15 is 0 Å². The number of ether oxygens (including phenoxy) is 2. The molecule has 0 aromatic heterocycles. The molecule has 27 heavy (non-hydrogen) atoms. The molecule has 1 heterocycles. The Morgan fingerprint density at radius 1 is 1.22 bits per heavy atom. The van der Waals surface area contributed by atoms with Crippen molar-refractivity contribution in [3.05, 3.63) is 59.7 Å². The van der Waals surface area contributed by atoms with E-state index in [-0.39, 0.29) is 5.91 Å². The minimum atomic E-state index is -0.621. The Bertz CT molecular complexity index is 821. The molecule has 2 aromatic rings. The third kappa shape index (κ3) is 4.12. The van der Waals surface area contributed by atoms with Crippen LogP contribution in [0.1, 0.15) is 37.3 Å². The summed E-state index contributed by atoms with van der Waals surface area (Å²) in [4.78, 5) is 13.3. The third-order valence-corrected chi connectivity index (χ3v) is 4.93. The summed E-state index contributed by atoms with van der Waals surface area (Å²) in [6, 6.07) is 17.2. The highest BCUT2D eigenvalue weighted by Gasteiger charge is 2.41. The summed E-state index contributed by atoms with van der Waals surface area (Å²) in [6.07, 6.45) is 2.13. The van der Waals surface area contributed by atoms with Crippen molar-refractivity contribution in [2.45, 2.75) is 31.6 Å². The first-order valence-electron chi connectivity index (χ1n) is 9.31. The second-order valence-electron chi connectivity index (χ2n) is 6.69. The van der Waals surface area contributed by atoms with Crippen LogP contribution >= 0.6 is 0 Å². The molecule has 2 aromatic carbocycles. The van der Waals surface area contributed by atoms with Crippen LogP contribution in [0.25, 0.3) is 0 Å². The van der Waals surface area contributed by atoms with Crippen LogP contribution in [0.15, 0.2) is 48.5 Å². The summed E-state index contributed by atoms with van der Waals surface area (Å²) in [5.74, 6) is 0.476. The Kier molecular flexibility index (Phi) is 6.10. The monoisotopic (exact) mass is 364 g/mol. The number of nitrogens with zero attached hydrogens (tertiary/aromatic N) is 1. The van der Waals surface area contributed by atoms with E-state index in [1.165, 1.54) is 0 Å². The van der Waals surface area contributed by atoms with E-state index in [0.29, 0.717) is 49.7 Å². The summed E-state index contributed by atoms with van der Waals surface area (Å²) in [5.41, 5.74) is 1.39. The Hall–Kier alpha value is -2.84. The first kappa shape index (κ1) is 18.9. The van der Waals surface area contributed by atoms with Crippen molar-refractivity contribution in [2.24, 2.45) is 0 Å². The van der Waals surface area contributed by atoms with Gasteiger partial charge < -0.3 is 14.8 Å². The zero-order chi connectivity index (χ0) is 19.1. The molecule has 0 spiro atoms. The predicted octanol–water partition coefficient (Wildman–Crippen LogP) is 4.03. The number of carbonyl (C=O) groups is 1. The van der Waals surface area contributed by atoms with Gasteiger partial charge in [-0.15, -0.1) is 0 Å². The largest absolute Gasteiger partial charge is 0.492 e. The van der Waals surface area contributed by atoms with E-state index in [1.54, 1.807) is 18.2 Å². The first-order chi connectivity index (χ1) is 13.2. The van der Waals surface area contributed by atoms with Crippen molar-refractivity contribution < 1.29 is 14.3 Å². The van der Waals surface area contributed by atoms with Gasteiger partial charge >= 0.3 is 0 Å². The molecule has 1 fully saturated rings. The van der Waals surface area contributed by atoms with Crippen LogP contribution in [0.3, 0.4) is 0 Å². The molecule has 0 saturated carbocycles. The number of hydrogen-bond donors (Lipinski definition) is 1. The predicted molar refractivity (Wildman–Crippen MR) is 104 cm³/mol. The summed E-state index contributed by atoms with van der Waals surface area (Å²) in [6.45, 7) is 3.67. The second-order valence-corrected chi connectivity index (χ2v) is 6.69. The summed E-state index contributed by atoms with van der Waals surface area (Å²) >= 11 is 0. The average molecular weight is 364 g/mol. The summed E-state index contributed by atoms with van der Waals surface area (Å²) in [5, 5.41) is 12.4. The van der Waals surface area contributed by atoms with E-state index in [9.17, 15) is 10.1 Å². The SMILES string of the molecule is CCCOc1ccc(NC(=O)C2(c3ccccc3)CCOCC2)cc1C#N. The quantitative estimate of drug-likeness (QED) is 0.840. The highest BCUT2D eigenvalue weighted by atomic mass is 16.5. The van der Waals surface area contributed by atoms with E-state index in [4.69, 9.17) is 9.47 Å². The van der Waals surface area contributed by atoms with Gasteiger partial charge in [0, 0.05) is 18.9 Å². The fourth-order valence-electron chi connectivity index (χ4n) is 3.41. The minimum Gasteiger partial charge on any atom is -0.492 e. The number of nitrogens with one attached hydrogen (secondary N) is 1. The lowest BCUT2D eigenvalue weighted by molar-refractivity contribution is -0.125.